The first-order valence-corrected chi connectivity index (χ1v) is 16.1. The van der Waals surface area contributed by atoms with Crippen molar-refractivity contribution in [2.75, 3.05) is 32.6 Å². The van der Waals surface area contributed by atoms with Gasteiger partial charge in [0.1, 0.15) is 23.7 Å². The number of aliphatic carboxylic acids is 1. The molecule has 1 aliphatic carbocycles. The van der Waals surface area contributed by atoms with Gasteiger partial charge in [0.25, 0.3) is 5.91 Å². The number of fused-ring (bicyclic) bond motifs is 5. The lowest BCUT2D eigenvalue weighted by Crippen LogP contribution is -2.70. The zero-order valence-electron chi connectivity index (χ0n) is 25.4. The van der Waals surface area contributed by atoms with Crippen LogP contribution < -0.4 is 21.7 Å². The van der Waals surface area contributed by atoms with E-state index < -0.39 is 52.6 Å². The summed E-state index contributed by atoms with van der Waals surface area (Å²) in [5.74, 6) is -3.76. The molecule has 6 atom stereocenters. The van der Waals surface area contributed by atoms with Crippen LogP contribution in [0.2, 0.25) is 0 Å². The van der Waals surface area contributed by atoms with Gasteiger partial charge in [-0.3, -0.25) is 24.1 Å². The molecule has 0 spiro atoms. The lowest BCUT2D eigenvalue weighted by atomic mass is 9.82. The Kier molecular flexibility index (Phi) is 7.40. The van der Waals surface area contributed by atoms with Gasteiger partial charge in [-0.15, -0.1) is 11.8 Å². The van der Waals surface area contributed by atoms with E-state index in [1.165, 1.54) is 25.8 Å². The lowest BCUT2D eigenvalue weighted by molar-refractivity contribution is -0.150. The third kappa shape index (κ3) is 4.64. The van der Waals surface area contributed by atoms with Crippen LogP contribution in [0.25, 0.3) is 0 Å². The summed E-state index contributed by atoms with van der Waals surface area (Å²) < 4.78 is 11.1. The van der Waals surface area contributed by atoms with Gasteiger partial charge >= 0.3 is 12.1 Å². The highest BCUT2D eigenvalue weighted by atomic mass is 32.2. The number of hydrogen-bond acceptors (Lipinski definition) is 12. The summed E-state index contributed by atoms with van der Waals surface area (Å²) in [5.41, 5.74) is 5.46. The number of carboxylic acid groups (broad SMARTS) is 1. The van der Waals surface area contributed by atoms with E-state index in [9.17, 15) is 33.9 Å². The average Bonchev–Trinajstić information content (AvgIpc) is 3.66. The van der Waals surface area contributed by atoms with Crippen LogP contribution in [-0.4, -0.2) is 112 Å². The number of amides is 3. The van der Waals surface area contributed by atoms with Crippen molar-refractivity contribution in [2.24, 2.45) is 11.7 Å². The monoisotopic (exact) mass is 664 g/mol. The summed E-state index contributed by atoms with van der Waals surface area (Å²) in [7, 11) is 1.48. The van der Waals surface area contributed by atoms with Crippen LogP contribution in [-0.2, 0) is 39.9 Å². The van der Waals surface area contributed by atoms with Gasteiger partial charge in [-0.05, 0) is 18.1 Å². The number of benzene rings is 1. The molecule has 5 heterocycles. The number of piperazine rings is 1. The second-order valence-electron chi connectivity index (χ2n) is 12.1. The second kappa shape index (κ2) is 11.2. The van der Waals surface area contributed by atoms with E-state index >= 15 is 0 Å². The van der Waals surface area contributed by atoms with Crippen molar-refractivity contribution in [1.82, 2.24) is 25.8 Å². The molecule has 15 nitrogen and oxygen atoms in total. The molecule has 16 heteroatoms. The number of nitrogens with zero attached hydrogens (tertiary/aromatic N) is 2. The minimum absolute atomic E-state index is 0.0177. The number of β-lactam (4-membered cyclic amide) rings is 1. The molecule has 0 bridgehead atoms. The number of allylic oxidation sites excluding steroid dienone is 2. The highest BCUT2D eigenvalue weighted by Gasteiger charge is 2.72. The van der Waals surface area contributed by atoms with Gasteiger partial charge in [-0.2, -0.15) is 0 Å². The fourth-order valence-corrected chi connectivity index (χ4v) is 8.87. The first-order valence-electron chi connectivity index (χ1n) is 15.0. The largest absolute Gasteiger partial charge is 0.477 e. The minimum Gasteiger partial charge on any atom is -0.477 e. The molecule has 0 radical (unpaired) electrons. The van der Waals surface area contributed by atoms with Crippen molar-refractivity contribution >= 4 is 47.2 Å². The molecule has 6 N–H and O–H groups in total. The van der Waals surface area contributed by atoms with E-state index in [1.807, 2.05) is 18.2 Å². The number of primary amides is 1. The maximum atomic E-state index is 14.1. The summed E-state index contributed by atoms with van der Waals surface area (Å²) in [5, 5.41) is 18.6. The van der Waals surface area contributed by atoms with Crippen LogP contribution in [0.1, 0.15) is 12.5 Å². The van der Waals surface area contributed by atoms with Crippen LogP contribution in [0, 0.1) is 5.92 Å². The molecule has 1 aromatic rings. The Morgan fingerprint density at radius 1 is 1.17 bits per heavy atom. The summed E-state index contributed by atoms with van der Waals surface area (Å²) in [4.78, 5) is 80.7. The Labute approximate surface area is 272 Å². The Morgan fingerprint density at radius 3 is 2.60 bits per heavy atom. The standard InChI is InChI=1S/C31H32N6O9S/c1-13-20(25(40)19-16(11-46-30(32)44)31(45-2)26-17(34-26)10-36(31)23(19)24(13)39)33-9-15-12-47-28-21(27(41)37(28)22(15)29(42)43)35-18(38)8-14-6-4-3-5-7-14/h3-7,16-17,21,26,28,33-34H,8-12H2,1-2H3,(H2,32,44)(H,35,38)(H,42,43)/t16-,17+,21-,26+,28-,31-/m1/s1. The number of rotatable bonds is 10. The Hall–Kier alpha value is -4.67. The maximum absolute atomic E-state index is 14.1. The Morgan fingerprint density at radius 2 is 1.91 bits per heavy atom. The zero-order chi connectivity index (χ0) is 33.4. The zero-order valence-corrected chi connectivity index (χ0v) is 26.2. The highest BCUT2D eigenvalue weighted by Crippen LogP contribution is 2.55. The van der Waals surface area contributed by atoms with E-state index in [2.05, 4.69) is 16.0 Å². The van der Waals surface area contributed by atoms with Gasteiger partial charge < -0.3 is 41.2 Å². The second-order valence-corrected chi connectivity index (χ2v) is 13.3. The predicted octanol–water partition coefficient (Wildman–Crippen LogP) is -1.04. The number of Topliss-reactive ketones (excluding diaryl/α,β-unsaturated/α-hetero) is 2. The van der Waals surface area contributed by atoms with Crippen molar-refractivity contribution in [3.05, 3.63) is 69.7 Å². The number of ketones is 2. The first-order chi connectivity index (χ1) is 22.5. The highest BCUT2D eigenvalue weighted by molar-refractivity contribution is 8.00. The molecular weight excluding hydrogens is 632 g/mol. The summed E-state index contributed by atoms with van der Waals surface area (Å²) in [6, 6.07) is 8.01. The quantitative estimate of drug-likeness (QED) is 0.115. The van der Waals surface area contributed by atoms with E-state index in [-0.39, 0.29) is 71.6 Å². The number of carbonyl (C=O) groups is 6. The molecule has 0 aromatic heterocycles. The molecule has 3 saturated heterocycles. The third-order valence-corrected chi connectivity index (χ3v) is 11.0. The number of carbonyl (C=O) groups excluding carboxylic acids is 5. The molecule has 3 amide bonds. The molecule has 6 aliphatic rings. The number of methoxy groups -OCH3 is 1. The number of nitrogens with one attached hydrogen (secondary N) is 3. The SMILES string of the molecule is CO[C@@]12[C@H](COC(N)=O)C3=C(C(=O)C(C)=C(NCC4=C(C(=O)O)N5C(=O)[C@@H](NC(=O)Cc6ccccc6)[C@H]5SC4)C3=O)N1C[C@@H]1N[C@@H]12. The molecule has 246 valence electrons. The molecule has 47 heavy (non-hydrogen) atoms. The van der Waals surface area contributed by atoms with Crippen LogP contribution in [0.3, 0.4) is 0 Å². The first kappa shape index (κ1) is 31.0. The van der Waals surface area contributed by atoms with Gasteiger partial charge in [-0.1, -0.05) is 30.3 Å². The lowest BCUT2D eigenvalue weighted by Gasteiger charge is -2.49. The van der Waals surface area contributed by atoms with E-state index in [1.54, 1.807) is 17.0 Å². The number of ether oxygens (including phenoxy) is 2. The molecule has 5 aliphatic heterocycles. The molecule has 0 saturated carbocycles. The maximum Gasteiger partial charge on any atom is 0.404 e. The Bertz CT molecular complexity index is 1740. The third-order valence-electron chi connectivity index (χ3n) is 9.68. The Balaban J connectivity index is 1.10. The van der Waals surface area contributed by atoms with Crippen molar-refractivity contribution in [3.63, 3.8) is 0 Å². The molecule has 1 aromatic carbocycles. The van der Waals surface area contributed by atoms with Gasteiger partial charge in [0.2, 0.25) is 17.5 Å². The van der Waals surface area contributed by atoms with Gasteiger partial charge in [-0.25, -0.2) is 9.59 Å². The van der Waals surface area contributed by atoms with Gasteiger partial charge in [0, 0.05) is 43.1 Å². The van der Waals surface area contributed by atoms with Crippen LogP contribution >= 0.6 is 11.8 Å². The van der Waals surface area contributed by atoms with E-state index in [0.717, 1.165) is 10.5 Å². The number of thioether (sulfide) groups is 1. The summed E-state index contributed by atoms with van der Waals surface area (Å²) in [6.07, 6.45) is -0.955. The predicted molar refractivity (Wildman–Crippen MR) is 164 cm³/mol. The van der Waals surface area contributed by atoms with Gasteiger partial charge in [0.15, 0.2) is 5.72 Å². The fourth-order valence-electron chi connectivity index (χ4n) is 7.52. The topological polar surface area (TPSA) is 220 Å². The van der Waals surface area contributed by atoms with E-state index in [0.29, 0.717) is 12.1 Å². The number of nitrogens with two attached hydrogens (primary N) is 1. The fraction of sp³-hybridized carbons (Fsp3) is 0.419. The smallest absolute Gasteiger partial charge is 0.404 e. The van der Waals surface area contributed by atoms with Crippen molar-refractivity contribution < 1.29 is 43.3 Å². The number of hydrogen-bond donors (Lipinski definition) is 5. The molecular formula is C31H32N6O9S. The summed E-state index contributed by atoms with van der Waals surface area (Å²) in [6.45, 7) is 1.51. The average molecular weight is 665 g/mol. The molecule has 3 fully saturated rings. The van der Waals surface area contributed by atoms with Crippen LogP contribution in [0.15, 0.2) is 64.1 Å². The molecule has 7 rings (SSSR count). The minimum atomic E-state index is -1.33. The van der Waals surface area contributed by atoms with Gasteiger partial charge in [0.05, 0.1) is 29.8 Å². The van der Waals surface area contributed by atoms with Crippen molar-refractivity contribution in [3.8, 4) is 0 Å². The van der Waals surface area contributed by atoms with Crippen LogP contribution in [0.5, 0.6) is 0 Å². The van der Waals surface area contributed by atoms with E-state index in [4.69, 9.17) is 15.2 Å². The summed E-state index contributed by atoms with van der Waals surface area (Å²) >= 11 is 1.30. The molecule has 0 unspecified atom stereocenters. The van der Waals surface area contributed by atoms with Crippen molar-refractivity contribution in [2.45, 2.75) is 42.6 Å². The number of carboxylic acids is 1. The normalized spacial score (nSPS) is 30.4. The van der Waals surface area contributed by atoms with Crippen molar-refractivity contribution in [1.29, 1.82) is 0 Å². The van der Waals surface area contributed by atoms with Crippen LogP contribution in [0.4, 0.5) is 4.79 Å².